The molecule has 112 valence electrons. The van der Waals surface area contributed by atoms with E-state index >= 15 is 0 Å². The lowest BCUT2D eigenvalue weighted by molar-refractivity contribution is -0.384. The summed E-state index contributed by atoms with van der Waals surface area (Å²) in [5.74, 6) is 10.9. The van der Waals surface area contributed by atoms with E-state index < -0.39 is 4.92 Å². The highest BCUT2D eigenvalue weighted by Crippen LogP contribution is 2.11. The van der Waals surface area contributed by atoms with Crippen LogP contribution in [0.3, 0.4) is 0 Å². The summed E-state index contributed by atoms with van der Waals surface area (Å²) in [6, 6.07) is 13.2. The Kier molecular flexibility index (Phi) is 7.07. The fourth-order valence-corrected chi connectivity index (χ4v) is 1.56. The van der Waals surface area contributed by atoms with E-state index in [1.54, 1.807) is 36.4 Å². The highest BCUT2D eigenvalue weighted by atomic mass is 16.6. The molecular weight excluding hydrogens is 290 g/mol. The Morgan fingerprint density at radius 1 is 0.826 bits per heavy atom. The molecule has 0 bridgehead atoms. The molecule has 23 heavy (non-hydrogen) atoms. The molecule has 0 unspecified atom stereocenters. The minimum atomic E-state index is -0.448. The molecule has 0 heterocycles. The lowest BCUT2D eigenvalue weighted by Gasteiger charge is -1.93. The molecule has 0 aromatic heterocycles. The standard InChI is InChI=1S/C17H9NO3.C2H4/c19-13-1-2-14-3-5-15(6-4-14)7-8-16-9-11-17(12-10-16)18(20)21;1-2/h3-6,9-13H;1-2H2. The number of aldehydes is 1. The van der Waals surface area contributed by atoms with Gasteiger partial charge in [-0.2, -0.15) is 0 Å². The number of hydrogen-bond donors (Lipinski definition) is 0. The monoisotopic (exact) mass is 303 g/mol. The van der Waals surface area contributed by atoms with E-state index in [2.05, 4.69) is 36.8 Å². The van der Waals surface area contributed by atoms with E-state index in [0.29, 0.717) is 11.8 Å². The fraction of sp³-hybridized carbons (Fsp3) is 0. The molecule has 4 heteroatoms. The quantitative estimate of drug-likeness (QED) is 0.267. The average Bonchev–Trinajstić information content (AvgIpc) is 2.61. The van der Waals surface area contributed by atoms with Crippen molar-refractivity contribution in [2.45, 2.75) is 0 Å². The number of carbonyl (C=O) groups is 1. The molecule has 0 aliphatic heterocycles. The van der Waals surface area contributed by atoms with Crippen LogP contribution in [0.15, 0.2) is 61.7 Å². The Labute approximate surface area is 134 Å². The van der Waals surface area contributed by atoms with E-state index in [9.17, 15) is 14.9 Å². The van der Waals surface area contributed by atoms with E-state index in [1.807, 2.05) is 0 Å². The lowest BCUT2D eigenvalue weighted by Crippen LogP contribution is -1.86. The number of carbonyl (C=O) groups excluding carboxylic acids is 1. The number of benzene rings is 2. The molecule has 2 rings (SSSR count). The van der Waals surface area contributed by atoms with Gasteiger partial charge in [0.15, 0.2) is 6.29 Å². The first-order valence-electron chi connectivity index (χ1n) is 6.51. The van der Waals surface area contributed by atoms with Crippen molar-refractivity contribution < 1.29 is 9.72 Å². The topological polar surface area (TPSA) is 60.2 Å². The average molecular weight is 303 g/mol. The maximum atomic E-state index is 10.5. The number of nitrogens with zero attached hydrogens (tertiary/aromatic N) is 1. The smallest absolute Gasteiger partial charge is 0.269 e. The summed E-state index contributed by atoms with van der Waals surface area (Å²) in [4.78, 5) is 20.2. The van der Waals surface area contributed by atoms with Crippen LogP contribution in [0.5, 0.6) is 0 Å². The second kappa shape index (κ2) is 9.33. The summed E-state index contributed by atoms with van der Waals surface area (Å²) in [5.41, 5.74) is 2.28. The van der Waals surface area contributed by atoms with Gasteiger partial charge in [-0.25, -0.2) is 0 Å². The lowest BCUT2D eigenvalue weighted by atomic mass is 10.1. The zero-order chi connectivity index (χ0) is 17.1. The predicted molar refractivity (Wildman–Crippen MR) is 89.7 cm³/mol. The summed E-state index contributed by atoms with van der Waals surface area (Å²) in [7, 11) is 0. The molecule has 4 nitrogen and oxygen atoms in total. The van der Waals surface area contributed by atoms with Crippen LogP contribution in [0.1, 0.15) is 16.7 Å². The fourth-order valence-electron chi connectivity index (χ4n) is 1.56. The molecule has 0 aliphatic carbocycles. The molecular formula is C19H13NO3. The highest BCUT2D eigenvalue weighted by Gasteiger charge is 2.02. The van der Waals surface area contributed by atoms with Crippen LogP contribution in [0, 0.1) is 33.8 Å². The van der Waals surface area contributed by atoms with Gasteiger partial charge in [0.1, 0.15) is 0 Å². The Morgan fingerprint density at radius 2 is 1.22 bits per heavy atom. The molecule has 0 saturated heterocycles. The first-order chi connectivity index (χ1) is 11.2. The molecule has 0 saturated carbocycles. The number of non-ortho nitro benzene ring substituents is 1. The van der Waals surface area contributed by atoms with Gasteiger partial charge in [-0.3, -0.25) is 14.9 Å². The minimum absolute atomic E-state index is 0.0404. The van der Waals surface area contributed by atoms with Crippen molar-refractivity contribution in [3.63, 3.8) is 0 Å². The van der Waals surface area contributed by atoms with Crippen LogP contribution in [0.2, 0.25) is 0 Å². The van der Waals surface area contributed by atoms with Gasteiger partial charge < -0.3 is 0 Å². The Bertz CT molecular complexity index is 798. The zero-order valence-corrected chi connectivity index (χ0v) is 12.3. The van der Waals surface area contributed by atoms with Gasteiger partial charge in [0.2, 0.25) is 0 Å². The number of nitro benzene ring substituents is 1. The number of rotatable bonds is 1. The molecule has 0 radical (unpaired) electrons. The second-order valence-corrected chi connectivity index (χ2v) is 4.02. The third kappa shape index (κ3) is 5.71. The first-order valence-corrected chi connectivity index (χ1v) is 6.51. The van der Waals surface area contributed by atoms with Gasteiger partial charge in [-0.05, 0) is 42.3 Å². The normalized spacial score (nSPS) is 8.17. The molecule has 0 fully saturated rings. The van der Waals surface area contributed by atoms with E-state index in [0.717, 1.165) is 11.1 Å². The Balaban J connectivity index is 0.00000127. The van der Waals surface area contributed by atoms with Crippen molar-refractivity contribution in [2.75, 3.05) is 0 Å². The van der Waals surface area contributed by atoms with E-state index in [-0.39, 0.29) is 5.69 Å². The van der Waals surface area contributed by atoms with Crippen molar-refractivity contribution in [2.24, 2.45) is 0 Å². The first kappa shape index (κ1) is 17.4. The minimum Gasteiger partial charge on any atom is -0.289 e. The van der Waals surface area contributed by atoms with Crippen molar-refractivity contribution >= 4 is 12.0 Å². The van der Waals surface area contributed by atoms with Gasteiger partial charge in [0.25, 0.3) is 5.69 Å². The Morgan fingerprint density at radius 3 is 1.61 bits per heavy atom. The third-order valence-corrected chi connectivity index (χ3v) is 2.59. The molecule has 0 aliphatic rings. The summed E-state index contributed by atoms with van der Waals surface area (Å²) in [6.45, 7) is 6.00. The molecule has 2 aromatic rings. The van der Waals surface area contributed by atoms with Crippen molar-refractivity contribution in [3.8, 4) is 23.7 Å². The van der Waals surface area contributed by atoms with Crippen LogP contribution in [-0.2, 0) is 4.79 Å². The van der Waals surface area contributed by atoms with Gasteiger partial charge in [0.05, 0.1) is 4.92 Å². The molecule has 0 atom stereocenters. The van der Waals surface area contributed by atoms with Gasteiger partial charge >= 0.3 is 0 Å². The van der Waals surface area contributed by atoms with Crippen LogP contribution in [0.4, 0.5) is 5.69 Å². The summed E-state index contributed by atoms with van der Waals surface area (Å²) < 4.78 is 0. The van der Waals surface area contributed by atoms with Crippen LogP contribution in [0.25, 0.3) is 0 Å². The second-order valence-electron chi connectivity index (χ2n) is 4.02. The number of nitro groups is 1. The summed E-state index contributed by atoms with van der Waals surface area (Å²) in [5, 5.41) is 10.5. The highest BCUT2D eigenvalue weighted by molar-refractivity contribution is 5.74. The number of hydrogen-bond acceptors (Lipinski definition) is 3. The van der Waals surface area contributed by atoms with E-state index in [1.165, 1.54) is 12.1 Å². The van der Waals surface area contributed by atoms with Gasteiger partial charge in [-0.1, -0.05) is 17.8 Å². The maximum Gasteiger partial charge on any atom is 0.269 e. The summed E-state index contributed by atoms with van der Waals surface area (Å²) in [6.07, 6.45) is 0.544. The van der Waals surface area contributed by atoms with Gasteiger partial charge in [0, 0.05) is 28.8 Å². The van der Waals surface area contributed by atoms with Gasteiger partial charge in [-0.15, -0.1) is 13.2 Å². The molecule has 0 spiro atoms. The van der Waals surface area contributed by atoms with Crippen molar-refractivity contribution in [1.29, 1.82) is 0 Å². The Hall–Kier alpha value is -3.63. The molecule has 0 N–H and O–H groups in total. The SMILES string of the molecule is C=C.O=CC#Cc1ccc(C#Cc2ccc([N+](=O)[O-])cc2)cc1. The van der Waals surface area contributed by atoms with Crippen LogP contribution < -0.4 is 0 Å². The summed E-state index contributed by atoms with van der Waals surface area (Å²) >= 11 is 0. The molecule has 0 amide bonds. The molecule has 2 aromatic carbocycles. The predicted octanol–water partition coefficient (Wildman–Crippen LogP) is 3.35. The van der Waals surface area contributed by atoms with Crippen LogP contribution in [-0.4, -0.2) is 11.2 Å². The van der Waals surface area contributed by atoms with Crippen LogP contribution >= 0.6 is 0 Å². The zero-order valence-electron chi connectivity index (χ0n) is 12.3. The largest absolute Gasteiger partial charge is 0.289 e. The van der Waals surface area contributed by atoms with E-state index in [4.69, 9.17) is 0 Å². The third-order valence-electron chi connectivity index (χ3n) is 2.59. The van der Waals surface area contributed by atoms with Crippen molar-refractivity contribution in [1.82, 2.24) is 0 Å². The van der Waals surface area contributed by atoms with Crippen molar-refractivity contribution in [3.05, 3.63) is 88.5 Å². The maximum absolute atomic E-state index is 10.5.